The predicted octanol–water partition coefficient (Wildman–Crippen LogP) is 3.50. The summed E-state index contributed by atoms with van der Waals surface area (Å²) in [5, 5.41) is 2.40. The lowest BCUT2D eigenvalue weighted by Crippen LogP contribution is -2.26. The molecular weight excluding hydrogens is 356 g/mol. The SMILES string of the molecule is COC(=O)c1cc2c(=O)n3c(cc2cc1OC)-c1[nH]c2ccccc2c1CC3. The first kappa shape index (κ1) is 16.6. The zero-order chi connectivity index (χ0) is 19.4. The lowest BCUT2D eigenvalue weighted by molar-refractivity contribution is 0.0597. The van der Waals surface area contributed by atoms with E-state index in [4.69, 9.17) is 9.47 Å². The highest BCUT2D eigenvalue weighted by atomic mass is 16.5. The van der Waals surface area contributed by atoms with Gasteiger partial charge < -0.3 is 19.0 Å². The summed E-state index contributed by atoms with van der Waals surface area (Å²) in [7, 11) is 2.80. The number of hydrogen-bond acceptors (Lipinski definition) is 4. The van der Waals surface area contributed by atoms with Gasteiger partial charge in [0.2, 0.25) is 0 Å². The lowest BCUT2D eigenvalue weighted by atomic mass is 9.99. The molecule has 2 aromatic heterocycles. The molecule has 2 aromatic carbocycles. The van der Waals surface area contributed by atoms with Crippen LogP contribution in [0, 0.1) is 0 Å². The zero-order valence-corrected chi connectivity index (χ0v) is 15.5. The minimum atomic E-state index is -0.529. The van der Waals surface area contributed by atoms with Gasteiger partial charge >= 0.3 is 5.97 Å². The number of methoxy groups -OCH3 is 2. The number of hydrogen-bond donors (Lipinski definition) is 1. The number of para-hydroxylation sites is 1. The minimum Gasteiger partial charge on any atom is -0.496 e. The molecule has 3 heterocycles. The van der Waals surface area contributed by atoms with E-state index in [-0.39, 0.29) is 11.1 Å². The van der Waals surface area contributed by atoms with Crippen LogP contribution in [0.2, 0.25) is 0 Å². The summed E-state index contributed by atoms with van der Waals surface area (Å²) in [6, 6.07) is 13.4. The number of fused-ring (bicyclic) bond motifs is 6. The molecule has 0 atom stereocenters. The molecule has 0 unspecified atom stereocenters. The molecule has 1 N–H and O–H groups in total. The second-order valence-electron chi connectivity index (χ2n) is 6.89. The smallest absolute Gasteiger partial charge is 0.341 e. The van der Waals surface area contributed by atoms with Gasteiger partial charge in [-0.05, 0) is 41.6 Å². The van der Waals surface area contributed by atoms with Crippen LogP contribution in [-0.2, 0) is 17.7 Å². The molecule has 5 rings (SSSR count). The number of esters is 1. The first-order chi connectivity index (χ1) is 13.6. The quantitative estimate of drug-likeness (QED) is 0.545. The van der Waals surface area contributed by atoms with E-state index in [0.29, 0.717) is 17.7 Å². The predicted molar refractivity (Wildman–Crippen MR) is 107 cm³/mol. The Morgan fingerprint density at radius 1 is 1.11 bits per heavy atom. The standard InChI is InChI=1S/C22H18N2O4/c1-27-19-10-12-9-18-20-14(13-5-3-4-6-17(13)23-20)7-8-24(18)21(25)15(12)11-16(19)22(26)28-2/h3-6,9-11,23H,7-8H2,1-2H3. The molecule has 6 heteroatoms. The summed E-state index contributed by atoms with van der Waals surface area (Å²) < 4.78 is 12.0. The first-order valence-corrected chi connectivity index (χ1v) is 9.06. The Hall–Kier alpha value is -3.54. The van der Waals surface area contributed by atoms with Gasteiger partial charge in [-0.2, -0.15) is 0 Å². The maximum atomic E-state index is 13.2. The van der Waals surface area contributed by atoms with E-state index in [0.717, 1.165) is 28.7 Å². The molecule has 4 aromatic rings. The van der Waals surface area contributed by atoms with E-state index in [9.17, 15) is 9.59 Å². The van der Waals surface area contributed by atoms with E-state index >= 15 is 0 Å². The van der Waals surface area contributed by atoms with E-state index in [2.05, 4.69) is 11.1 Å². The third-order valence-electron chi connectivity index (χ3n) is 5.49. The molecule has 1 aliphatic rings. The highest BCUT2D eigenvalue weighted by Gasteiger charge is 2.24. The van der Waals surface area contributed by atoms with Crippen LogP contribution in [0.3, 0.4) is 0 Å². The van der Waals surface area contributed by atoms with Gasteiger partial charge in [-0.3, -0.25) is 4.79 Å². The number of ether oxygens (including phenoxy) is 2. The van der Waals surface area contributed by atoms with Crippen LogP contribution >= 0.6 is 0 Å². The molecule has 0 saturated heterocycles. The maximum absolute atomic E-state index is 13.2. The van der Waals surface area contributed by atoms with Crippen LogP contribution < -0.4 is 10.3 Å². The topological polar surface area (TPSA) is 73.3 Å². The fourth-order valence-electron chi connectivity index (χ4n) is 4.15. The van der Waals surface area contributed by atoms with Crippen LogP contribution in [0.5, 0.6) is 5.75 Å². The Morgan fingerprint density at radius 3 is 2.71 bits per heavy atom. The van der Waals surface area contributed by atoms with Crippen molar-refractivity contribution in [1.82, 2.24) is 9.55 Å². The number of benzene rings is 2. The van der Waals surface area contributed by atoms with E-state index in [1.54, 1.807) is 16.7 Å². The summed E-state index contributed by atoms with van der Waals surface area (Å²) >= 11 is 0. The summed E-state index contributed by atoms with van der Waals surface area (Å²) in [4.78, 5) is 28.8. The van der Waals surface area contributed by atoms with Crippen LogP contribution in [-0.4, -0.2) is 29.7 Å². The number of H-pyrrole nitrogens is 1. The van der Waals surface area contributed by atoms with Crippen LogP contribution in [0.25, 0.3) is 33.1 Å². The Kier molecular flexibility index (Phi) is 3.55. The van der Waals surface area contributed by atoms with E-state index in [1.807, 2.05) is 24.3 Å². The van der Waals surface area contributed by atoms with Crippen LogP contribution in [0.1, 0.15) is 15.9 Å². The van der Waals surface area contributed by atoms with Gasteiger partial charge in [0.25, 0.3) is 5.56 Å². The third kappa shape index (κ3) is 2.21. The van der Waals surface area contributed by atoms with Gasteiger partial charge in [0.15, 0.2) is 0 Å². The molecule has 0 saturated carbocycles. The number of rotatable bonds is 2. The average Bonchev–Trinajstić information content (AvgIpc) is 3.11. The second kappa shape index (κ2) is 5.99. The van der Waals surface area contributed by atoms with Crippen molar-refractivity contribution in [2.45, 2.75) is 13.0 Å². The van der Waals surface area contributed by atoms with Crippen molar-refractivity contribution in [3.05, 3.63) is 63.9 Å². The molecule has 6 nitrogen and oxygen atoms in total. The summed E-state index contributed by atoms with van der Waals surface area (Å²) in [6.45, 7) is 0.596. The summed E-state index contributed by atoms with van der Waals surface area (Å²) in [5.41, 5.74) is 4.24. The first-order valence-electron chi connectivity index (χ1n) is 9.06. The van der Waals surface area contributed by atoms with Crippen molar-refractivity contribution < 1.29 is 14.3 Å². The molecule has 1 aliphatic heterocycles. The fraction of sp³-hybridized carbons (Fsp3) is 0.182. The number of pyridine rings is 1. The molecule has 0 fully saturated rings. The third-order valence-corrected chi connectivity index (χ3v) is 5.49. The number of aryl methyl sites for hydroxylation is 1. The molecular formula is C22H18N2O4. The Balaban J connectivity index is 1.82. The van der Waals surface area contributed by atoms with Crippen molar-refractivity contribution in [3.63, 3.8) is 0 Å². The fourth-order valence-corrected chi connectivity index (χ4v) is 4.15. The maximum Gasteiger partial charge on any atom is 0.341 e. The van der Waals surface area contributed by atoms with Crippen molar-refractivity contribution >= 4 is 27.6 Å². The number of nitrogens with one attached hydrogen (secondary N) is 1. The largest absolute Gasteiger partial charge is 0.496 e. The molecule has 0 bridgehead atoms. The zero-order valence-electron chi connectivity index (χ0n) is 15.5. The Labute approximate surface area is 160 Å². The van der Waals surface area contributed by atoms with E-state index < -0.39 is 5.97 Å². The molecule has 0 aliphatic carbocycles. The van der Waals surface area contributed by atoms with Gasteiger partial charge in [0, 0.05) is 22.8 Å². The highest BCUT2D eigenvalue weighted by molar-refractivity contribution is 6.00. The van der Waals surface area contributed by atoms with Crippen LogP contribution in [0.4, 0.5) is 0 Å². The number of aromatic amines is 1. The molecule has 28 heavy (non-hydrogen) atoms. The van der Waals surface area contributed by atoms with Crippen LogP contribution in [0.15, 0.2) is 47.3 Å². The van der Waals surface area contributed by atoms with Crippen molar-refractivity contribution in [2.75, 3.05) is 14.2 Å². The van der Waals surface area contributed by atoms with Gasteiger partial charge in [0.05, 0.1) is 25.6 Å². The van der Waals surface area contributed by atoms with E-state index in [1.165, 1.54) is 25.2 Å². The number of aromatic nitrogens is 2. The van der Waals surface area contributed by atoms with Crippen molar-refractivity contribution in [2.24, 2.45) is 0 Å². The summed E-state index contributed by atoms with van der Waals surface area (Å²) in [5.74, 6) is -0.143. The van der Waals surface area contributed by atoms with Gasteiger partial charge in [-0.1, -0.05) is 18.2 Å². The molecule has 0 radical (unpaired) electrons. The lowest BCUT2D eigenvalue weighted by Gasteiger charge is -2.20. The summed E-state index contributed by atoms with van der Waals surface area (Å²) in [6.07, 6.45) is 0.776. The average molecular weight is 374 g/mol. The normalized spacial score (nSPS) is 12.6. The van der Waals surface area contributed by atoms with Gasteiger partial charge in [0.1, 0.15) is 11.3 Å². The highest BCUT2D eigenvalue weighted by Crippen LogP contribution is 2.35. The van der Waals surface area contributed by atoms with Crippen molar-refractivity contribution in [3.8, 4) is 17.1 Å². The molecule has 140 valence electrons. The number of nitrogens with zero attached hydrogens (tertiary/aromatic N) is 1. The number of carbonyl (C=O) groups is 1. The molecule has 0 amide bonds. The Morgan fingerprint density at radius 2 is 1.93 bits per heavy atom. The minimum absolute atomic E-state index is 0.121. The van der Waals surface area contributed by atoms with Crippen molar-refractivity contribution in [1.29, 1.82) is 0 Å². The van der Waals surface area contributed by atoms with Gasteiger partial charge in [-0.15, -0.1) is 0 Å². The number of carbonyl (C=O) groups excluding carboxylic acids is 1. The monoisotopic (exact) mass is 374 g/mol. The Bertz CT molecular complexity index is 1330. The van der Waals surface area contributed by atoms with Gasteiger partial charge in [-0.25, -0.2) is 4.79 Å². The molecule has 0 spiro atoms. The second-order valence-corrected chi connectivity index (χ2v) is 6.89.